The van der Waals surface area contributed by atoms with Crippen LogP contribution in [0.25, 0.3) is 0 Å². The average Bonchev–Trinajstić information content (AvgIpc) is 3.20. The fourth-order valence-corrected chi connectivity index (χ4v) is 9.06. The lowest BCUT2D eigenvalue weighted by Crippen LogP contribution is -2.38. The normalized spacial score (nSPS) is 12.3. The van der Waals surface area contributed by atoms with Gasteiger partial charge in [0.15, 0.2) is 0 Å². The number of hydrogen-bond donors (Lipinski definition) is 1. The average molecular weight is 790 g/mol. The van der Waals surface area contributed by atoms with E-state index in [2.05, 4.69) is 25.7 Å². The fraction of sp³-hybridized carbons (Fsp3) is 0.981. The van der Waals surface area contributed by atoms with Crippen molar-refractivity contribution < 1.29 is 9.90 Å². The zero-order valence-electron chi connectivity index (χ0n) is 39.3. The Morgan fingerprint density at radius 3 is 0.661 bits per heavy atom. The van der Waals surface area contributed by atoms with Crippen LogP contribution in [0.5, 0.6) is 0 Å². The van der Waals surface area contributed by atoms with Crippen LogP contribution in [-0.4, -0.2) is 35.1 Å². The van der Waals surface area contributed by atoms with Crippen molar-refractivity contribution in [2.45, 2.75) is 322 Å². The maximum Gasteiger partial charge on any atom is 0.304 e. The van der Waals surface area contributed by atoms with Gasteiger partial charge in [-0.3, -0.25) is 9.69 Å². The van der Waals surface area contributed by atoms with Gasteiger partial charge in [0.25, 0.3) is 0 Å². The molecule has 56 heavy (non-hydrogen) atoms. The number of hydrogen-bond acceptors (Lipinski definition) is 2. The van der Waals surface area contributed by atoms with Crippen molar-refractivity contribution in [2.75, 3.05) is 13.1 Å². The van der Waals surface area contributed by atoms with Crippen LogP contribution in [0.2, 0.25) is 0 Å². The summed E-state index contributed by atoms with van der Waals surface area (Å²) in [5.74, 6) is -0.634. The van der Waals surface area contributed by atoms with Gasteiger partial charge >= 0.3 is 5.97 Å². The van der Waals surface area contributed by atoms with Crippen molar-refractivity contribution >= 4 is 5.97 Å². The third-order valence-corrected chi connectivity index (χ3v) is 13.0. The Hall–Kier alpha value is -0.570. The predicted molar refractivity (Wildman–Crippen MR) is 252 cm³/mol. The lowest BCUT2D eigenvalue weighted by atomic mass is 10.0. The second-order valence-electron chi connectivity index (χ2n) is 18.5. The lowest BCUT2D eigenvalue weighted by molar-refractivity contribution is -0.138. The first-order valence-corrected chi connectivity index (χ1v) is 26.6. The molecule has 3 nitrogen and oxygen atoms in total. The molecule has 3 heteroatoms. The molecule has 0 amide bonds. The van der Waals surface area contributed by atoms with E-state index in [1.165, 1.54) is 283 Å². The first kappa shape index (κ1) is 55.4. The lowest BCUT2D eigenvalue weighted by Gasteiger charge is -2.30. The summed E-state index contributed by atoms with van der Waals surface area (Å²) in [7, 11) is 0. The van der Waals surface area contributed by atoms with Crippen LogP contribution in [0.4, 0.5) is 0 Å². The molecule has 1 atom stereocenters. The van der Waals surface area contributed by atoms with Crippen molar-refractivity contribution in [3.63, 3.8) is 0 Å². The Balaban J connectivity index is 3.66. The van der Waals surface area contributed by atoms with Gasteiger partial charge in [-0.25, -0.2) is 0 Å². The Morgan fingerprint density at radius 1 is 0.321 bits per heavy atom. The van der Waals surface area contributed by atoms with E-state index in [0.29, 0.717) is 6.42 Å². The molecule has 0 aromatic heterocycles. The molecular formula is C53H107NO2. The van der Waals surface area contributed by atoms with Crippen LogP contribution < -0.4 is 0 Å². The summed E-state index contributed by atoms with van der Waals surface area (Å²) in [6, 6.07) is 0.206. The molecule has 1 N–H and O–H groups in total. The van der Waals surface area contributed by atoms with Crippen LogP contribution in [0, 0.1) is 0 Å². The minimum atomic E-state index is -0.634. The van der Waals surface area contributed by atoms with Gasteiger partial charge in [0, 0.05) is 6.04 Å². The molecule has 0 radical (unpaired) electrons. The number of nitrogens with zero attached hydrogens (tertiary/aromatic N) is 1. The fourth-order valence-electron chi connectivity index (χ4n) is 9.06. The number of carboxylic acid groups (broad SMARTS) is 1. The van der Waals surface area contributed by atoms with E-state index in [0.717, 1.165) is 19.5 Å². The largest absolute Gasteiger partial charge is 0.481 e. The maximum atomic E-state index is 11.6. The Bertz CT molecular complexity index is 676. The molecule has 0 saturated carbocycles. The van der Waals surface area contributed by atoms with E-state index in [1.54, 1.807) is 0 Å². The monoisotopic (exact) mass is 790 g/mol. The topological polar surface area (TPSA) is 40.5 Å². The molecule has 0 aliphatic rings. The van der Waals surface area contributed by atoms with Gasteiger partial charge in [-0.1, -0.05) is 290 Å². The first-order chi connectivity index (χ1) is 27.7. The highest BCUT2D eigenvalue weighted by Gasteiger charge is 2.19. The first-order valence-electron chi connectivity index (χ1n) is 26.6. The third kappa shape index (κ3) is 44.5. The highest BCUT2D eigenvalue weighted by molar-refractivity contribution is 5.67. The van der Waals surface area contributed by atoms with Crippen LogP contribution >= 0.6 is 0 Å². The molecule has 336 valence electrons. The molecule has 0 bridgehead atoms. The molecule has 0 fully saturated rings. The van der Waals surface area contributed by atoms with Crippen LogP contribution in [0.15, 0.2) is 0 Å². The molecule has 0 aromatic carbocycles. The SMILES string of the molecule is CCCCCCCCCCCCCCCCCCCCCCCCN(CCCCCCCCCCCCCCCCCCCCCCCC)C(CC)CC(=O)O. The van der Waals surface area contributed by atoms with Gasteiger partial charge in [-0.15, -0.1) is 0 Å². The van der Waals surface area contributed by atoms with E-state index in [-0.39, 0.29) is 6.04 Å². The molecule has 0 rings (SSSR count). The van der Waals surface area contributed by atoms with Crippen molar-refractivity contribution in [3.8, 4) is 0 Å². The standard InChI is InChI=1S/C53H107NO2/c1-4-7-9-11-13-15-17-19-21-23-25-27-29-31-33-35-37-39-41-43-45-47-49-54(52(6-3)51-53(55)56)50-48-46-44-42-40-38-36-34-32-30-28-26-24-22-20-18-16-14-12-10-8-5-2/h52H,4-51H2,1-3H3,(H,55,56). The summed E-state index contributed by atoms with van der Waals surface area (Å²) < 4.78 is 0. The minimum absolute atomic E-state index is 0.206. The van der Waals surface area contributed by atoms with Crippen molar-refractivity contribution in [1.82, 2.24) is 4.90 Å². The highest BCUT2D eigenvalue weighted by atomic mass is 16.4. The molecule has 0 heterocycles. The van der Waals surface area contributed by atoms with Gasteiger partial charge in [0.1, 0.15) is 0 Å². The minimum Gasteiger partial charge on any atom is -0.481 e. The van der Waals surface area contributed by atoms with Crippen molar-refractivity contribution in [1.29, 1.82) is 0 Å². The number of carboxylic acids is 1. The van der Waals surface area contributed by atoms with Gasteiger partial charge in [-0.05, 0) is 32.4 Å². The smallest absolute Gasteiger partial charge is 0.304 e. The van der Waals surface area contributed by atoms with Gasteiger partial charge < -0.3 is 5.11 Å². The Labute approximate surface area is 354 Å². The molecule has 0 saturated heterocycles. The summed E-state index contributed by atoms with van der Waals surface area (Å²) in [4.78, 5) is 14.1. The van der Waals surface area contributed by atoms with E-state index in [9.17, 15) is 9.90 Å². The van der Waals surface area contributed by atoms with Gasteiger partial charge in [0.2, 0.25) is 0 Å². The van der Waals surface area contributed by atoms with Crippen LogP contribution in [0.3, 0.4) is 0 Å². The zero-order valence-corrected chi connectivity index (χ0v) is 39.3. The summed E-state index contributed by atoms with van der Waals surface area (Å²) in [5, 5.41) is 9.54. The molecule has 0 aliphatic heterocycles. The van der Waals surface area contributed by atoms with Gasteiger partial charge in [0.05, 0.1) is 6.42 Å². The number of rotatable bonds is 50. The van der Waals surface area contributed by atoms with Gasteiger partial charge in [-0.2, -0.15) is 0 Å². The highest BCUT2D eigenvalue weighted by Crippen LogP contribution is 2.19. The Kier molecular flexibility index (Phi) is 48.3. The quantitative estimate of drug-likeness (QED) is 0.0624. The van der Waals surface area contributed by atoms with Crippen LogP contribution in [0.1, 0.15) is 316 Å². The Morgan fingerprint density at radius 2 is 0.500 bits per heavy atom. The zero-order chi connectivity index (χ0) is 40.7. The summed E-state index contributed by atoms with van der Waals surface area (Å²) in [6.45, 7) is 8.96. The third-order valence-electron chi connectivity index (χ3n) is 13.0. The predicted octanol–water partition coefficient (Wildman–Crippen LogP) is 18.7. The second kappa shape index (κ2) is 48.8. The molecule has 0 spiro atoms. The van der Waals surface area contributed by atoms with E-state index in [4.69, 9.17) is 0 Å². The van der Waals surface area contributed by atoms with E-state index < -0.39 is 5.97 Å². The van der Waals surface area contributed by atoms with Crippen molar-refractivity contribution in [3.05, 3.63) is 0 Å². The maximum absolute atomic E-state index is 11.6. The van der Waals surface area contributed by atoms with Crippen molar-refractivity contribution in [2.24, 2.45) is 0 Å². The molecule has 1 unspecified atom stereocenters. The van der Waals surface area contributed by atoms with Crippen LogP contribution in [-0.2, 0) is 4.79 Å². The summed E-state index contributed by atoms with van der Waals surface area (Å²) in [6.07, 6.45) is 63.8. The molecule has 0 aromatic rings. The second-order valence-corrected chi connectivity index (χ2v) is 18.5. The summed E-state index contributed by atoms with van der Waals surface area (Å²) >= 11 is 0. The summed E-state index contributed by atoms with van der Waals surface area (Å²) in [5.41, 5.74) is 0. The van der Waals surface area contributed by atoms with E-state index >= 15 is 0 Å². The van der Waals surface area contributed by atoms with E-state index in [1.807, 2.05) is 0 Å². The number of carbonyl (C=O) groups is 1. The molecule has 0 aliphatic carbocycles. The number of unbranched alkanes of at least 4 members (excludes halogenated alkanes) is 42. The molecular weight excluding hydrogens is 683 g/mol. The number of aliphatic carboxylic acids is 1.